The topological polar surface area (TPSA) is 228 Å². The number of aliphatic hydroxyl groups is 1. The molecule has 0 bridgehead atoms. The number of carboxylic acids is 2. The second-order valence-corrected chi connectivity index (χ2v) is 6.49. The third-order valence-electron chi connectivity index (χ3n) is 3.98. The Morgan fingerprint density at radius 1 is 0.935 bits per heavy atom. The van der Waals surface area contributed by atoms with Crippen molar-refractivity contribution in [2.45, 2.75) is 31.0 Å². The summed E-state index contributed by atoms with van der Waals surface area (Å²) in [5.74, 6) is -5.68. The van der Waals surface area contributed by atoms with Gasteiger partial charge in [0.2, 0.25) is 17.7 Å². The maximum Gasteiger partial charge on any atom is 0.326 e. The third kappa shape index (κ3) is 9.10. The van der Waals surface area contributed by atoms with E-state index in [1.165, 1.54) is 24.3 Å². The Labute approximate surface area is 176 Å². The van der Waals surface area contributed by atoms with E-state index >= 15 is 0 Å². The van der Waals surface area contributed by atoms with Gasteiger partial charge in [0, 0.05) is 6.42 Å². The number of benzene rings is 1. The summed E-state index contributed by atoms with van der Waals surface area (Å²) in [4.78, 5) is 58.4. The number of rotatable bonds is 12. The van der Waals surface area contributed by atoms with E-state index < -0.39 is 67.4 Å². The lowest BCUT2D eigenvalue weighted by molar-refractivity contribution is -0.143. The standard InChI is InChI=1S/C18H24N4O9/c19-11(8-23)16(28)20-7-14(25)21-12(6-15(26)27)17(29)22-13(18(30)31)5-9-1-3-10(24)4-2-9/h1-4,11-13,23-24H,5-8,19H2,(H,20,28)(H,21,25)(H,22,29)(H,26,27)(H,30,31). The SMILES string of the molecule is NC(CO)C(=O)NCC(=O)NC(CC(=O)O)C(=O)NC(Cc1ccc(O)cc1)C(=O)O. The molecule has 13 heteroatoms. The summed E-state index contributed by atoms with van der Waals surface area (Å²) in [6, 6.07) is 1.26. The van der Waals surface area contributed by atoms with Crippen LogP contribution in [0.3, 0.4) is 0 Å². The molecule has 3 amide bonds. The van der Waals surface area contributed by atoms with Crippen LogP contribution in [0.2, 0.25) is 0 Å². The molecule has 0 aromatic heterocycles. The molecule has 0 aliphatic heterocycles. The van der Waals surface area contributed by atoms with Crippen LogP contribution in [0.25, 0.3) is 0 Å². The monoisotopic (exact) mass is 440 g/mol. The predicted molar refractivity (Wildman–Crippen MR) is 104 cm³/mol. The molecule has 0 heterocycles. The zero-order chi connectivity index (χ0) is 23.6. The van der Waals surface area contributed by atoms with Gasteiger partial charge in [0.1, 0.15) is 23.9 Å². The van der Waals surface area contributed by atoms with Crippen molar-refractivity contribution in [3.05, 3.63) is 29.8 Å². The van der Waals surface area contributed by atoms with E-state index in [4.69, 9.17) is 15.9 Å². The van der Waals surface area contributed by atoms with Crippen LogP contribution in [-0.2, 0) is 30.4 Å². The Kier molecular flexibility index (Phi) is 9.88. The maximum atomic E-state index is 12.4. The summed E-state index contributed by atoms with van der Waals surface area (Å²) in [5.41, 5.74) is 5.75. The second kappa shape index (κ2) is 12.1. The lowest BCUT2D eigenvalue weighted by atomic mass is 10.0. The number of aliphatic hydroxyl groups excluding tert-OH is 1. The van der Waals surface area contributed by atoms with Crippen molar-refractivity contribution in [3.63, 3.8) is 0 Å². The van der Waals surface area contributed by atoms with Gasteiger partial charge in [-0.2, -0.15) is 0 Å². The van der Waals surface area contributed by atoms with Crippen LogP contribution in [0.4, 0.5) is 0 Å². The van der Waals surface area contributed by atoms with Gasteiger partial charge in [0.15, 0.2) is 0 Å². The minimum absolute atomic E-state index is 0.0315. The van der Waals surface area contributed by atoms with E-state index in [2.05, 4.69) is 16.0 Å². The van der Waals surface area contributed by atoms with Crippen LogP contribution in [0.15, 0.2) is 24.3 Å². The lowest BCUT2D eigenvalue weighted by Gasteiger charge is -2.21. The molecular weight excluding hydrogens is 416 g/mol. The second-order valence-electron chi connectivity index (χ2n) is 6.49. The first-order chi connectivity index (χ1) is 14.5. The maximum absolute atomic E-state index is 12.4. The van der Waals surface area contributed by atoms with E-state index in [9.17, 15) is 34.2 Å². The molecule has 0 spiro atoms. The lowest BCUT2D eigenvalue weighted by Crippen LogP contribution is -2.54. The van der Waals surface area contributed by atoms with Crippen LogP contribution in [0.1, 0.15) is 12.0 Å². The van der Waals surface area contributed by atoms with Crippen molar-refractivity contribution < 1.29 is 44.4 Å². The first-order valence-electron chi connectivity index (χ1n) is 8.99. The van der Waals surface area contributed by atoms with E-state index in [1.807, 2.05) is 0 Å². The van der Waals surface area contributed by atoms with Gasteiger partial charge < -0.3 is 42.1 Å². The normalized spacial score (nSPS) is 13.4. The summed E-state index contributed by atoms with van der Waals surface area (Å²) in [6.07, 6.45) is -1.00. The summed E-state index contributed by atoms with van der Waals surface area (Å²) in [7, 11) is 0. The number of nitrogens with two attached hydrogens (primary N) is 1. The summed E-state index contributed by atoms with van der Waals surface area (Å²) >= 11 is 0. The molecule has 0 saturated carbocycles. The highest BCUT2D eigenvalue weighted by atomic mass is 16.4. The summed E-state index contributed by atoms with van der Waals surface area (Å²) in [6.45, 7) is -1.30. The molecule has 1 aromatic rings. The minimum atomic E-state index is -1.62. The number of aromatic hydroxyl groups is 1. The average molecular weight is 440 g/mol. The third-order valence-corrected chi connectivity index (χ3v) is 3.98. The van der Waals surface area contributed by atoms with Gasteiger partial charge in [-0.05, 0) is 17.7 Å². The fourth-order valence-electron chi connectivity index (χ4n) is 2.35. The fourth-order valence-corrected chi connectivity index (χ4v) is 2.35. The Bertz CT molecular complexity index is 813. The molecule has 0 radical (unpaired) electrons. The van der Waals surface area contributed by atoms with Gasteiger partial charge >= 0.3 is 11.9 Å². The van der Waals surface area contributed by atoms with Gasteiger partial charge in [0.05, 0.1) is 19.6 Å². The molecule has 13 nitrogen and oxygen atoms in total. The molecule has 170 valence electrons. The van der Waals surface area contributed by atoms with Crippen molar-refractivity contribution >= 4 is 29.7 Å². The molecule has 3 unspecified atom stereocenters. The molecular formula is C18H24N4O9. The van der Waals surface area contributed by atoms with Gasteiger partial charge in [-0.15, -0.1) is 0 Å². The van der Waals surface area contributed by atoms with Crippen molar-refractivity contribution in [1.82, 2.24) is 16.0 Å². The molecule has 31 heavy (non-hydrogen) atoms. The molecule has 0 saturated heterocycles. The molecule has 1 rings (SSSR count). The van der Waals surface area contributed by atoms with Crippen LogP contribution in [0, 0.1) is 0 Å². The first kappa shape index (κ1) is 25.3. The number of carbonyl (C=O) groups is 5. The van der Waals surface area contributed by atoms with Crippen molar-refractivity contribution in [3.8, 4) is 5.75 Å². The Balaban J connectivity index is 2.79. The minimum Gasteiger partial charge on any atom is -0.508 e. The van der Waals surface area contributed by atoms with Gasteiger partial charge in [0.25, 0.3) is 0 Å². The Morgan fingerprint density at radius 2 is 1.55 bits per heavy atom. The number of carbonyl (C=O) groups excluding carboxylic acids is 3. The number of carboxylic acid groups (broad SMARTS) is 2. The van der Waals surface area contributed by atoms with Gasteiger partial charge in [-0.1, -0.05) is 12.1 Å². The smallest absolute Gasteiger partial charge is 0.326 e. The zero-order valence-electron chi connectivity index (χ0n) is 16.3. The van der Waals surface area contributed by atoms with Crippen LogP contribution >= 0.6 is 0 Å². The van der Waals surface area contributed by atoms with Gasteiger partial charge in [-0.25, -0.2) is 4.79 Å². The average Bonchev–Trinajstić information content (AvgIpc) is 2.71. The summed E-state index contributed by atoms with van der Waals surface area (Å²) in [5, 5.41) is 42.8. The highest BCUT2D eigenvalue weighted by molar-refractivity contribution is 5.94. The summed E-state index contributed by atoms with van der Waals surface area (Å²) < 4.78 is 0. The number of hydrogen-bond donors (Lipinski definition) is 8. The largest absolute Gasteiger partial charge is 0.508 e. The van der Waals surface area contributed by atoms with E-state index in [1.54, 1.807) is 0 Å². The van der Waals surface area contributed by atoms with E-state index in [0.29, 0.717) is 5.56 Å². The highest BCUT2D eigenvalue weighted by Crippen LogP contribution is 2.11. The fraction of sp³-hybridized carbons (Fsp3) is 0.389. The number of nitrogens with one attached hydrogen (secondary N) is 3. The number of hydrogen-bond acceptors (Lipinski definition) is 8. The van der Waals surface area contributed by atoms with Crippen LogP contribution < -0.4 is 21.7 Å². The molecule has 1 aromatic carbocycles. The van der Waals surface area contributed by atoms with Gasteiger partial charge in [-0.3, -0.25) is 19.2 Å². The zero-order valence-corrected chi connectivity index (χ0v) is 16.3. The Hall–Kier alpha value is -3.71. The molecule has 0 fully saturated rings. The molecule has 9 N–H and O–H groups in total. The number of aliphatic carboxylic acids is 2. The Morgan fingerprint density at radius 3 is 2.06 bits per heavy atom. The van der Waals surface area contributed by atoms with Crippen molar-refractivity contribution in [1.29, 1.82) is 0 Å². The van der Waals surface area contributed by atoms with Crippen LogP contribution in [0.5, 0.6) is 5.75 Å². The molecule has 0 aliphatic carbocycles. The highest BCUT2D eigenvalue weighted by Gasteiger charge is 2.28. The van der Waals surface area contributed by atoms with Crippen molar-refractivity contribution in [2.75, 3.05) is 13.2 Å². The quantitative estimate of drug-likeness (QED) is 0.163. The van der Waals surface area contributed by atoms with E-state index in [-0.39, 0.29) is 12.2 Å². The molecule has 3 atom stereocenters. The number of amides is 3. The number of phenols is 1. The van der Waals surface area contributed by atoms with E-state index in [0.717, 1.165) is 0 Å². The van der Waals surface area contributed by atoms with Crippen molar-refractivity contribution in [2.24, 2.45) is 5.73 Å². The first-order valence-corrected chi connectivity index (χ1v) is 8.99. The number of phenolic OH excluding ortho intramolecular Hbond substituents is 1. The predicted octanol–water partition coefficient (Wildman–Crippen LogP) is -3.10. The molecule has 0 aliphatic rings. The van der Waals surface area contributed by atoms with Crippen LogP contribution in [-0.4, -0.2) is 81.4 Å².